The molecule has 3 nitrogen and oxygen atoms in total. The molecule has 2 heterocycles. The lowest BCUT2D eigenvalue weighted by atomic mass is 10.0. The van der Waals surface area contributed by atoms with Gasteiger partial charge < -0.3 is 5.11 Å². The molecule has 0 fully saturated rings. The first kappa shape index (κ1) is 11.8. The molecule has 0 aliphatic heterocycles. The van der Waals surface area contributed by atoms with Crippen LogP contribution in [0, 0.1) is 6.92 Å². The van der Waals surface area contributed by atoms with Crippen molar-refractivity contribution in [3.05, 3.63) is 71.7 Å². The molecule has 1 unspecified atom stereocenters. The van der Waals surface area contributed by atoms with E-state index in [-0.39, 0.29) is 0 Å². The van der Waals surface area contributed by atoms with E-state index in [4.69, 9.17) is 0 Å². The highest BCUT2D eigenvalue weighted by molar-refractivity contribution is 5.79. The Labute approximate surface area is 111 Å². The van der Waals surface area contributed by atoms with Crippen LogP contribution >= 0.6 is 0 Å². The van der Waals surface area contributed by atoms with Crippen molar-refractivity contribution in [2.75, 3.05) is 0 Å². The second-order valence-electron chi connectivity index (χ2n) is 4.62. The molecule has 0 saturated carbocycles. The number of aromatic nitrogens is 2. The highest BCUT2D eigenvalue weighted by atomic mass is 16.3. The number of aryl methyl sites for hydroxylation is 1. The number of hydrogen-bond acceptors (Lipinski definition) is 3. The van der Waals surface area contributed by atoms with Gasteiger partial charge in [-0.25, -0.2) is 0 Å². The maximum absolute atomic E-state index is 10.4. The molecule has 3 heteroatoms. The minimum Gasteiger partial charge on any atom is -0.382 e. The van der Waals surface area contributed by atoms with Gasteiger partial charge in [0.25, 0.3) is 0 Å². The van der Waals surface area contributed by atoms with Crippen molar-refractivity contribution < 1.29 is 5.11 Å². The average Bonchev–Trinajstić information content (AvgIpc) is 2.47. The molecule has 0 bridgehead atoms. The van der Waals surface area contributed by atoms with Gasteiger partial charge in [0.2, 0.25) is 0 Å². The van der Waals surface area contributed by atoms with Gasteiger partial charge in [-0.15, -0.1) is 0 Å². The van der Waals surface area contributed by atoms with Crippen LogP contribution in [0.2, 0.25) is 0 Å². The van der Waals surface area contributed by atoms with Gasteiger partial charge >= 0.3 is 0 Å². The van der Waals surface area contributed by atoms with E-state index in [2.05, 4.69) is 9.97 Å². The summed E-state index contributed by atoms with van der Waals surface area (Å²) >= 11 is 0. The van der Waals surface area contributed by atoms with Gasteiger partial charge in [0.05, 0.1) is 11.2 Å². The third kappa shape index (κ3) is 2.33. The summed E-state index contributed by atoms with van der Waals surface area (Å²) in [5.41, 5.74) is 3.50. The van der Waals surface area contributed by atoms with E-state index >= 15 is 0 Å². The fraction of sp³-hybridized carbons (Fsp3) is 0.125. The Hall–Kier alpha value is -2.26. The Morgan fingerprint density at radius 3 is 2.74 bits per heavy atom. The normalized spacial score (nSPS) is 12.5. The van der Waals surface area contributed by atoms with Gasteiger partial charge in [-0.2, -0.15) is 0 Å². The summed E-state index contributed by atoms with van der Waals surface area (Å²) in [6, 6.07) is 13.4. The van der Waals surface area contributed by atoms with E-state index in [1.807, 2.05) is 49.4 Å². The predicted octanol–water partition coefficient (Wildman–Crippen LogP) is 3.02. The molecule has 2 aromatic heterocycles. The molecule has 3 aromatic rings. The maximum atomic E-state index is 10.4. The molecule has 94 valence electrons. The zero-order chi connectivity index (χ0) is 13.2. The zero-order valence-corrected chi connectivity index (χ0v) is 10.6. The van der Waals surface area contributed by atoms with Crippen molar-refractivity contribution in [3.8, 4) is 0 Å². The Morgan fingerprint density at radius 1 is 1.05 bits per heavy atom. The van der Waals surface area contributed by atoms with Gasteiger partial charge in [-0.05, 0) is 42.3 Å². The Kier molecular flexibility index (Phi) is 2.97. The molecular formula is C16H14N2O. The van der Waals surface area contributed by atoms with Crippen LogP contribution in [0.3, 0.4) is 0 Å². The molecule has 0 spiro atoms. The fourth-order valence-electron chi connectivity index (χ4n) is 2.08. The first-order valence-corrected chi connectivity index (χ1v) is 6.19. The van der Waals surface area contributed by atoms with Gasteiger partial charge in [0.1, 0.15) is 6.10 Å². The van der Waals surface area contributed by atoms with Gasteiger partial charge in [-0.1, -0.05) is 18.2 Å². The summed E-state index contributed by atoms with van der Waals surface area (Å²) in [6.45, 7) is 1.98. The van der Waals surface area contributed by atoms with Crippen LogP contribution in [0.1, 0.15) is 22.9 Å². The number of hydrogen-bond donors (Lipinski definition) is 1. The van der Waals surface area contributed by atoms with E-state index in [1.165, 1.54) is 0 Å². The van der Waals surface area contributed by atoms with E-state index in [0.29, 0.717) is 5.69 Å². The van der Waals surface area contributed by atoms with Crippen molar-refractivity contribution in [2.24, 2.45) is 0 Å². The first-order valence-electron chi connectivity index (χ1n) is 6.19. The van der Waals surface area contributed by atoms with E-state index < -0.39 is 6.10 Å². The van der Waals surface area contributed by atoms with Crippen molar-refractivity contribution in [1.29, 1.82) is 0 Å². The molecule has 19 heavy (non-hydrogen) atoms. The minimum absolute atomic E-state index is 0.661. The maximum Gasteiger partial charge on any atom is 0.121 e. The standard InChI is InChI=1S/C16H14N2O/c1-11-4-6-15(18-10-11)16(19)13-5-7-14-12(9-13)3-2-8-17-14/h2-10,16,19H,1H3. The Bertz CT molecular complexity index is 707. The van der Waals surface area contributed by atoms with Crippen molar-refractivity contribution in [3.63, 3.8) is 0 Å². The van der Waals surface area contributed by atoms with Gasteiger partial charge in [0.15, 0.2) is 0 Å². The lowest BCUT2D eigenvalue weighted by Gasteiger charge is -2.11. The SMILES string of the molecule is Cc1ccc(C(O)c2ccc3ncccc3c2)nc1. The lowest BCUT2D eigenvalue weighted by Crippen LogP contribution is -2.02. The third-order valence-electron chi connectivity index (χ3n) is 3.16. The molecular weight excluding hydrogens is 236 g/mol. The average molecular weight is 250 g/mol. The molecule has 1 atom stereocenters. The summed E-state index contributed by atoms with van der Waals surface area (Å²) < 4.78 is 0. The molecule has 0 aliphatic rings. The first-order chi connectivity index (χ1) is 9.24. The molecule has 1 N–H and O–H groups in total. The minimum atomic E-state index is -0.704. The highest BCUT2D eigenvalue weighted by Crippen LogP contribution is 2.23. The monoisotopic (exact) mass is 250 g/mol. The van der Waals surface area contributed by atoms with Crippen LogP contribution in [-0.2, 0) is 0 Å². The van der Waals surface area contributed by atoms with Crippen LogP contribution < -0.4 is 0 Å². The summed E-state index contributed by atoms with van der Waals surface area (Å²) in [5, 5.41) is 11.4. The molecule has 3 rings (SSSR count). The molecule has 0 aliphatic carbocycles. The van der Waals surface area contributed by atoms with Crippen molar-refractivity contribution in [1.82, 2.24) is 9.97 Å². The van der Waals surface area contributed by atoms with Gasteiger partial charge in [0, 0.05) is 17.8 Å². The van der Waals surface area contributed by atoms with Gasteiger partial charge in [-0.3, -0.25) is 9.97 Å². The smallest absolute Gasteiger partial charge is 0.121 e. The number of aliphatic hydroxyl groups is 1. The summed E-state index contributed by atoms with van der Waals surface area (Å²) in [4.78, 5) is 8.54. The number of pyridine rings is 2. The summed E-state index contributed by atoms with van der Waals surface area (Å²) in [5.74, 6) is 0. The molecule has 0 amide bonds. The number of aliphatic hydroxyl groups excluding tert-OH is 1. The van der Waals surface area contributed by atoms with E-state index in [0.717, 1.165) is 22.0 Å². The van der Waals surface area contributed by atoms with Crippen LogP contribution in [-0.4, -0.2) is 15.1 Å². The predicted molar refractivity (Wildman–Crippen MR) is 74.8 cm³/mol. The summed E-state index contributed by atoms with van der Waals surface area (Å²) in [6.07, 6.45) is 2.83. The topological polar surface area (TPSA) is 46.0 Å². The molecule has 0 radical (unpaired) electrons. The zero-order valence-electron chi connectivity index (χ0n) is 10.6. The number of nitrogens with zero attached hydrogens (tertiary/aromatic N) is 2. The lowest BCUT2D eigenvalue weighted by molar-refractivity contribution is 0.215. The highest BCUT2D eigenvalue weighted by Gasteiger charge is 2.12. The molecule has 0 saturated heterocycles. The largest absolute Gasteiger partial charge is 0.382 e. The fourth-order valence-corrected chi connectivity index (χ4v) is 2.08. The van der Waals surface area contributed by atoms with E-state index in [9.17, 15) is 5.11 Å². The van der Waals surface area contributed by atoms with Crippen LogP contribution in [0.5, 0.6) is 0 Å². The quantitative estimate of drug-likeness (QED) is 0.760. The van der Waals surface area contributed by atoms with Crippen LogP contribution in [0.4, 0.5) is 0 Å². The third-order valence-corrected chi connectivity index (χ3v) is 3.16. The second kappa shape index (κ2) is 4.78. The second-order valence-corrected chi connectivity index (χ2v) is 4.62. The molecule has 1 aromatic carbocycles. The van der Waals surface area contributed by atoms with Crippen LogP contribution in [0.15, 0.2) is 54.9 Å². The van der Waals surface area contributed by atoms with Crippen molar-refractivity contribution >= 4 is 10.9 Å². The summed E-state index contributed by atoms with van der Waals surface area (Å²) in [7, 11) is 0. The Balaban J connectivity index is 2.01. The number of fused-ring (bicyclic) bond motifs is 1. The van der Waals surface area contributed by atoms with Crippen LogP contribution in [0.25, 0.3) is 10.9 Å². The number of rotatable bonds is 2. The van der Waals surface area contributed by atoms with Crippen molar-refractivity contribution in [2.45, 2.75) is 13.0 Å². The Morgan fingerprint density at radius 2 is 1.95 bits per heavy atom. The number of benzene rings is 1. The van der Waals surface area contributed by atoms with E-state index in [1.54, 1.807) is 12.4 Å².